The molecule has 0 amide bonds. The third kappa shape index (κ3) is 2.80. The molecule has 6 rings (SSSR count). The molecule has 4 bridgehead atoms. The Hall–Kier alpha value is -1.03. The second-order valence-corrected chi connectivity index (χ2v) is 9.76. The maximum absolute atomic E-state index is 6.43. The van der Waals surface area contributed by atoms with Crippen LogP contribution >= 0.6 is 23.2 Å². The van der Waals surface area contributed by atoms with Crippen molar-refractivity contribution in [3.8, 4) is 11.3 Å². The molecular formula is C21H25Cl2N3. The van der Waals surface area contributed by atoms with Gasteiger partial charge in [-0.3, -0.25) is 0 Å². The van der Waals surface area contributed by atoms with E-state index in [9.17, 15) is 0 Å². The topological polar surface area (TPSA) is 43.8 Å². The molecule has 4 aliphatic carbocycles. The van der Waals surface area contributed by atoms with E-state index in [1.807, 2.05) is 18.5 Å². The Balaban J connectivity index is 1.48. The van der Waals surface area contributed by atoms with Crippen molar-refractivity contribution in [1.82, 2.24) is 9.55 Å². The van der Waals surface area contributed by atoms with Gasteiger partial charge in [0.15, 0.2) is 0 Å². The highest BCUT2D eigenvalue weighted by Crippen LogP contribution is 2.60. The minimum atomic E-state index is 0.459. The number of aromatic nitrogens is 2. The molecule has 4 saturated carbocycles. The second-order valence-electron chi connectivity index (χ2n) is 8.91. The van der Waals surface area contributed by atoms with Crippen LogP contribution in [0.2, 0.25) is 10.0 Å². The van der Waals surface area contributed by atoms with Crippen LogP contribution < -0.4 is 5.73 Å². The fourth-order valence-electron chi connectivity index (χ4n) is 6.51. The monoisotopic (exact) mass is 389 g/mol. The Morgan fingerprint density at radius 3 is 2.31 bits per heavy atom. The van der Waals surface area contributed by atoms with Crippen LogP contribution in [-0.4, -0.2) is 9.55 Å². The SMILES string of the molecule is NCc1c(-c2ccc(Cl)cc2Cl)ncn1CC12CC3CC(CC(C3)C1)C2. The number of nitrogens with zero attached hydrogens (tertiary/aromatic N) is 2. The third-order valence-corrected chi connectivity index (χ3v) is 7.54. The number of rotatable bonds is 4. The zero-order valence-corrected chi connectivity index (χ0v) is 16.4. The number of imidazole rings is 1. The van der Waals surface area contributed by atoms with Crippen molar-refractivity contribution in [2.24, 2.45) is 28.9 Å². The quantitative estimate of drug-likeness (QED) is 0.746. The van der Waals surface area contributed by atoms with E-state index >= 15 is 0 Å². The lowest BCUT2D eigenvalue weighted by atomic mass is 9.49. The predicted molar refractivity (Wildman–Crippen MR) is 106 cm³/mol. The molecule has 1 heterocycles. The molecule has 0 radical (unpaired) electrons. The molecule has 1 aromatic heterocycles. The number of hydrogen-bond acceptors (Lipinski definition) is 2. The Labute approximate surface area is 164 Å². The van der Waals surface area contributed by atoms with Gasteiger partial charge in [0.1, 0.15) is 0 Å². The summed E-state index contributed by atoms with van der Waals surface area (Å²) in [7, 11) is 0. The molecular weight excluding hydrogens is 365 g/mol. The van der Waals surface area contributed by atoms with Crippen molar-refractivity contribution in [3.05, 3.63) is 40.3 Å². The van der Waals surface area contributed by atoms with Crippen molar-refractivity contribution >= 4 is 23.2 Å². The van der Waals surface area contributed by atoms with Crippen molar-refractivity contribution in [3.63, 3.8) is 0 Å². The zero-order chi connectivity index (χ0) is 17.9. The minimum Gasteiger partial charge on any atom is -0.332 e. The lowest BCUT2D eigenvalue weighted by Gasteiger charge is -2.57. The fourth-order valence-corrected chi connectivity index (χ4v) is 7.01. The summed E-state index contributed by atoms with van der Waals surface area (Å²) in [5.41, 5.74) is 9.52. The Morgan fingerprint density at radius 2 is 1.73 bits per heavy atom. The molecule has 2 N–H and O–H groups in total. The normalized spacial score (nSPS) is 32.3. The molecule has 0 unspecified atom stereocenters. The van der Waals surface area contributed by atoms with Gasteiger partial charge in [-0.25, -0.2) is 4.98 Å². The summed E-state index contributed by atoms with van der Waals surface area (Å²) in [5.74, 6) is 2.86. The Morgan fingerprint density at radius 1 is 1.08 bits per heavy atom. The highest BCUT2D eigenvalue weighted by Gasteiger charge is 2.51. The summed E-state index contributed by atoms with van der Waals surface area (Å²) in [6.07, 6.45) is 10.5. The molecule has 0 saturated heterocycles. The number of halogens is 2. The minimum absolute atomic E-state index is 0.459. The van der Waals surface area contributed by atoms with E-state index in [4.69, 9.17) is 33.9 Å². The average molecular weight is 390 g/mol. The van der Waals surface area contributed by atoms with Crippen molar-refractivity contribution in [2.45, 2.75) is 51.6 Å². The number of benzene rings is 1. The first-order valence-corrected chi connectivity index (χ1v) is 10.5. The van der Waals surface area contributed by atoms with Gasteiger partial charge in [0.2, 0.25) is 0 Å². The summed E-state index contributed by atoms with van der Waals surface area (Å²) in [6, 6.07) is 5.58. The zero-order valence-electron chi connectivity index (χ0n) is 14.9. The van der Waals surface area contributed by atoms with Crippen LogP contribution in [0.4, 0.5) is 0 Å². The fraction of sp³-hybridized carbons (Fsp3) is 0.571. The average Bonchev–Trinajstić information content (AvgIpc) is 2.95. The maximum Gasteiger partial charge on any atom is 0.0956 e. The van der Waals surface area contributed by atoms with Gasteiger partial charge in [-0.2, -0.15) is 0 Å². The van der Waals surface area contributed by atoms with E-state index in [2.05, 4.69) is 4.57 Å². The van der Waals surface area contributed by atoms with E-state index in [0.29, 0.717) is 22.0 Å². The van der Waals surface area contributed by atoms with E-state index < -0.39 is 0 Å². The summed E-state index contributed by atoms with van der Waals surface area (Å²) >= 11 is 12.5. The van der Waals surface area contributed by atoms with Crippen LogP contribution in [0.5, 0.6) is 0 Å². The van der Waals surface area contributed by atoms with Crippen LogP contribution in [0, 0.1) is 23.2 Å². The maximum atomic E-state index is 6.43. The third-order valence-electron chi connectivity index (χ3n) is 7.00. The number of hydrogen-bond donors (Lipinski definition) is 1. The highest BCUT2D eigenvalue weighted by atomic mass is 35.5. The highest BCUT2D eigenvalue weighted by molar-refractivity contribution is 6.36. The molecule has 0 spiro atoms. The van der Waals surface area contributed by atoms with Crippen molar-refractivity contribution < 1.29 is 0 Å². The van der Waals surface area contributed by atoms with Crippen molar-refractivity contribution in [1.29, 1.82) is 0 Å². The van der Waals surface area contributed by atoms with E-state index in [-0.39, 0.29) is 0 Å². The summed E-state index contributed by atoms with van der Waals surface area (Å²) in [6.45, 7) is 1.53. The molecule has 4 fully saturated rings. The van der Waals surface area contributed by atoms with Gasteiger partial charge in [0, 0.05) is 23.7 Å². The first kappa shape index (κ1) is 17.1. The van der Waals surface area contributed by atoms with Gasteiger partial charge in [-0.1, -0.05) is 23.2 Å². The molecule has 0 atom stereocenters. The van der Waals surface area contributed by atoms with Gasteiger partial charge in [0.05, 0.1) is 22.7 Å². The molecule has 2 aromatic rings. The summed E-state index contributed by atoms with van der Waals surface area (Å²) in [4.78, 5) is 4.70. The molecule has 138 valence electrons. The lowest BCUT2D eigenvalue weighted by Crippen LogP contribution is -2.48. The van der Waals surface area contributed by atoms with E-state index in [0.717, 1.165) is 41.2 Å². The molecule has 1 aromatic carbocycles. The van der Waals surface area contributed by atoms with Crippen LogP contribution in [-0.2, 0) is 13.1 Å². The molecule has 5 heteroatoms. The second kappa shape index (κ2) is 6.25. The van der Waals surface area contributed by atoms with E-state index in [1.54, 1.807) is 6.07 Å². The molecule has 4 aliphatic rings. The summed E-state index contributed by atoms with van der Waals surface area (Å²) in [5, 5.41) is 1.27. The smallest absolute Gasteiger partial charge is 0.0956 e. The van der Waals surface area contributed by atoms with Crippen LogP contribution in [0.3, 0.4) is 0 Å². The Kier molecular flexibility index (Phi) is 4.11. The van der Waals surface area contributed by atoms with Gasteiger partial charge < -0.3 is 10.3 Å². The number of nitrogens with two attached hydrogens (primary N) is 1. The largest absolute Gasteiger partial charge is 0.332 e. The van der Waals surface area contributed by atoms with Gasteiger partial charge >= 0.3 is 0 Å². The van der Waals surface area contributed by atoms with E-state index in [1.165, 1.54) is 38.5 Å². The predicted octanol–water partition coefficient (Wildman–Crippen LogP) is 5.53. The first-order valence-electron chi connectivity index (χ1n) is 9.75. The first-order chi connectivity index (χ1) is 12.5. The molecule has 26 heavy (non-hydrogen) atoms. The molecule has 0 aliphatic heterocycles. The van der Waals surface area contributed by atoms with Crippen LogP contribution in [0.1, 0.15) is 44.2 Å². The lowest BCUT2D eigenvalue weighted by molar-refractivity contribution is -0.0622. The van der Waals surface area contributed by atoms with Crippen LogP contribution in [0.25, 0.3) is 11.3 Å². The molecule has 3 nitrogen and oxygen atoms in total. The van der Waals surface area contributed by atoms with Gasteiger partial charge in [-0.15, -0.1) is 0 Å². The van der Waals surface area contributed by atoms with Crippen LogP contribution in [0.15, 0.2) is 24.5 Å². The van der Waals surface area contributed by atoms with Crippen molar-refractivity contribution in [2.75, 3.05) is 0 Å². The summed E-state index contributed by atoms with van der Waals surface area (Å²) < 4.78 is 2.31. The van der Waals surface area contributed by atoms with Gasteiger partial charge in [0.25, 0.3) is 0 Å². The van der Waals surface area contributed by atoms with Gasteiger partial charge in [-0.05, 0) is 79.9 Å². The Bertz CT molecular complexity index is 806. The standard InChI is InChI=1S/C21H25Cl2N3/c22-16-1-2-17(18(23)6-16)20-19(10-24)26(12-25-20)11-21-7-13-3-14(8-21)5-15(4-13)9-21/h1-2,6,12-15H,3-5,7-11,24H2.